The standard InChI is InChI=1S/C17H19N5OS/c1-11(22-9-6-12(10-22)15-18-7-8-19-15)16(23)21-17-20-13-4-2-3-5-14(13)24-17/h2-5,7-8,11-12H,6,9-10H2,1H3,(H,18,19)(H,20,21,23)/t11-,12-/m1/s1. The van der Waals surface area contributed by atoms with Crippen LogP contribution in [-0.2, 0) is 4.79 Å². The molecule has 1 saturated heterocycles. The minimum absolute atomic E-state index is 0.00542. The molecule has 0 radical (unpaired) electrons. The molecule has 0 spiro atoms. The molecule has 1 fully saturated rings. The van der Waals surface area contributed by atoms with Crippen molar-refractivity contribution in [2.45, 2.75) is 25.3 Å². The first-order chi connectivity index (χ1) is 11.7. The Hall–Kier alpha value is -2.25. The van der Waals surface area contributed by atoms with Crippen LogP contribution in [0.5, 0.6) is 0 Å². The number of nitrogens with zero attached hydrogens (tertiary/aromatic N) is 3. The first-order valence-electron chi connectivity index (χ1n) is 8.10. The second-order valence-electron chi connectivity index (χ2n) is 6.11. The minimum Gasteiger partial charge on any atom is -0.348 e. The molecule has 2 N–H and O–H groups in total. The molecule has 1 aliphatic rings. The van der Waals surface area contributed by atoms with Crippen molar-refractivity contribution in [1.29, 1.82) is 0 Å². The zero-order chi connectivity index (χ0) is 16.5. The normalized spacial score (nSPS) is 19.6. The van der Waals surface area contributed by atoms with Crippen molar-refractivity contribution in [2.75, 3.05) is 18.4 Å². The van der Waals surface area contributed by atoms with Gasteiger partial charge in [-0.15, -0.1) is 0 Å². The highest BCUT2D eigenvalue weighted by atomic mass is 32.1. The van der Waals surface area contributed by atoms with E-state index in [9.17, 15) is 4.79 Å². The van der Waals surface area contributed by atoms with Gasteiger partial charge in [0.2, 0.25) is 5.91 Å². The summed E-state index contributed by atoms with van der Waals surface area (Å²) in [6.07, 6.45) is 4.65. The number of hydrogen-bond donors (Lipinski definition) is 2. The lowest BCUT2D eigenvalue weighted by Crippen LogP contribution is -2.40. The number of fused-ring (bicyclic) bond motifs is 1. The Kier molecular flexibility index (Phi) is 4.03. The highest BCUT2D eigenvalue weighted by Gasteiger charge is 2.31. The second-order valence-corrected chi connectivity index (χ2v) is 7.14. The lowest BCUT2D eigenvalue weighted by atomic mass is 10.1. The summed E-state index contributed by atoms with van der Waals surface area (Å²) in [6, 6.07) is 7.72. The van der Waals surface area contributed by atoms with E-state index in [1.165, 1.54) is 11.3 Å². The molecule has 2 atom stereocenters. The van der Waals surface area contributed by atoms with Crippen LogP contribution in [0.4, 0.5) is 5.13 Å². The first-order valence-corrected chi connectivity index (χ1v) is 8.92. The van der Waals surface area contributed by atoms with Gasteiger partial charge in [-0.05, 0) is 32.0 Å². The monoisotopic (exact) mass is 341 g/mol. The summed E-state index contributed by atoms with van der Waals surface area (Å²) in [4.78, 5) is 26.7. The summed E-state index contributed by atoms with van der Waals surface area (Å²) in [5, 5.41) is 3.62. The molecule has 24 heavy (non-hydrogen) atoms. The van der Waals surface area contributed by atoms with Gasteiger partial charge in [-0.3, -0.25) is 9.69 Å². The average molecular weight is 341 g/mol. The number of rotatable bonds is 4. The van der Waals surface area contributed by atoms with Crippen LogP contribution < -0.4 is 5.32 Å². The summed E-state index contributed by atoms with van der Waals surface area (Å²) in [7, 11) is 0. The smallest absolute Gasteiger partial charge is 0.243 e. The molecule has 1 aromatic carbocycles. The van der Waals surface area contributed by atoms with E-state index in [-0.39, 0.29) is 11.9 Å². The SMILES string of the molecule is C[C@H](C(=O)Nc1nc2ccccc2s1)N1CC[C@@H](c2ncc[nH]2)C1. The third kappa shape index (κ3) is 2.92. The molecular weight excluding hydrogens is 322 g/mol. The third-order valence-electron chi connectivity index (χ3n) is 4.58. The lowest BCUT2D eigenvalue weighted by molar-refractivity contribution is -0.120. The number of likely N-dealkylation sites (tertiary alicyclic amines) is 1. The second kappa shape index (κ2) is 6.33. The van der Waals surface area contributed by atoms with Crippen LogP contribution in [0.15, 0.2) is 36.7 Å². The molecule has 0 aliphatic carbocycles. The number of benzene rings is 1. The number of carbonyl (C=O) groups excluding carboxylic acids is 1. The van der Waals surface area contributed by atoms with E-state index >= 15 is 0 Å². The van der Waals surface area contributed by atoms with E-state index in [0.29, 0.717) is 11.0 Å². The van der Waals surface area contributed by atoms with Crippen LogP contribution in [0.2, 0.25) is 0 Å². The number of carbonyl (C=O) groups is 1. The molecule has 3 aromatic rings. The average Bonchev–Trinajstić information content (AvgIpc) is 3.32. The molecule has 7 heteroatoms. The Morgan fingerprint density at radius 3 is 3.12 bits per heavy atom. The van der Waals surface area contributed by atoms with Crippen molar-refractivity contribution in [1.82, 2.24) is 19.9 Å². The quantitative estimate of drug-likeness (QED) is 0.765. The van der Waals surface area contributed by atoms with Crippen molar-refractivity contribution in [3.8, 4) is 0 Å². The molecule has 1 amide bonds. The van der Waals surface area contributed by atoms with E-state index < -0.39 is 0 Å². The molecule has 1 aliphatic heterocycles. The Morgan fingerprint density at radius 2 is 2.33 bits per heavy atom. The number of aromatic amines is 1. The lowest BCUT2D eigenvalue weighted by Gasteiger charge is -2.22. The molecule has 2 aromatic heterocycles. The van der Waals surface area contributed by atoms with Crippen LogP contribution in [0.1, 0.15) is 25.1 Å². The highest BCUT2D eigenvalue weighted by Crippen LogP contribution is 2.28. The minimum atomic E-state index is -0.183. The van der Waals surface area contributed by atoms with Crippen LogP contribution >= 0.6 is 11.3 Å². The number of aromatic nitrogens is 3. The maximum absolute atomic E-state index is 12.6. The van der Waals surface area contributed by atoms with E-state index in [0.717, 1.165) is 35.6 Å². The van der Waals surface area contributed by atoms with Gasteiger partial charge >= 0.3 is 0 Å². The number of anilines is 1. The Balaban J connectivity index is 1.41. The van der Waals surface area contributed by atoms with E-state index in [1.54, 1.807) is 6.20 Å². The summed E-state index contributed by atoms with van der Waals surface area (Å²) in [5.74, 6) is 1.38. The van der Waals surface area contributed by atoms with Gasteiger partial charge in [0.15, 0.2) is 5.13 Å². The van der Waals surface area contributed by atoms with E-state index in [2.05, 4.69) is 25.2 Å². The zero-order valence-corrected chi connectivity index (χ0v) is 14.2. The third-order valence-corrected chi connectivity index (χ3v) is 5.53. The van der Waals surface area contributed by atoms with Crippen LogP contribution in [0.25, 0.3) is 10.2 Å². The van der Waals surface area contributed by atoms with Crippen LogP contribution in [0.3, 0.4) is 0 Å². The summed E-state index contributed by atoms with van der Waals surface area (Å²) in [5.41, 5.74) is 0.921. The fraction of sp³-hybridized carbons (Fsp3) is 0.353. The predicted molar refractivity (Wildman–Crippen MR) is 95.2 cm³/mol. The van der Waals surface area contributed by atoms with Gasteiger partial charge in [0.25, 0.3) is 0 Å². The van der Waals surface area contributed by atoms with Crippen LogP contribution in [0, 0.1) is 0 Å². The fourth-order valence-corrected chi connectivity index (χ4v) is 4.03. The van der Waals surface area contributed by atoms with Gasteiger partial charge in [-0.2, -0.15) is 0 Å². The number of H-pyrrole nitrogens is 1. The Morgan fingerprint density at radius 1 is 1.46 bits per heavy atom. The van der Waals surface area contributed by atoms with Gasteiger partial charge in [-0.1, -0.05) is 23.5 Å². The van der Waals surface area contributed by atoms with Crippen molar-refractivity contribution in [3.63, 3.8) is 0 Å². The van der Waals surface area contributed by atoms with Gasteiger partial charge < -0.3 is 10.3 Å². The summed E-state index contributed by atoms with van der Waals surface area (Å²) in [6.45, 7) is 3.70. The van der Waals surface area contributed by atoms with Gasteiger partial charge in [0.1, 0.15) is 5.82 Å². The molecule has 0 bridgehead atoms. The summed E-state index contributed by atoms with van der Waals surface area (Å²) < 4.78 is 1.08. The summed E-state index contributed by atoms with van der Waals surface area (Å²) >= 11 is 1.51. The van der Waals surface area contributed by atoms with Crippen molar-refractivity contribution in [3.05, 3.63) is 42.5 Å². The number of thiazole rings is 1. The molecule has 4 rings (SSSR count). The van der Waals surface area contributed by atoms with E-state index in [1.807, 2.05) is 37.4 Å². The molecule has 0 saturated carbocycles. The Labute approximate surface area is 143 Å². The fourth-order valence-electron chi connectivity index (χ4n) is 3.16. The molecule has 6 nitrogen and oxygen atoms in total. The van der Waals surface area contributed by atoms with Crippen molar-refractivity contribution < 1.29 is 4.79 Å². The number of nitrogens with one attached hydrogen (secondary N) is 2. The van der Waals surface area contributed by atoms with Gasteiger partial charge in [-0.25, -0.2) is 9.97 Å². The highest BCUT2D eigenvalue weighted by molar-refractivity contribution is 7.22. The predicted octanol–water partition coefficient (Wildman–Crippen LogP) is 2.84. The topological polar surface area (TPSA) is 73.9 Å². The number of amides is 1. The number of para-hydroxylation sites is 1. The van der Waals surface area contributed by atoms with Crippen molar-refractivity contribution >= 4 is 32.6 Å². The van der Waals surface area contributed by atoms with Crippen molar-refractivity contribution in [2.24, 2.45) is 0 Å². The van der Waals surface area contributed by atoms with Crippen LogP contribution in [-0.4, -0.2) is 44.9 Å². The van der Waals surface area contributed by atoms with Gasteiger partial charge in [0, 0.05) is 24.9 Å². The first kappa shape index (κ1) is 15.3. The Bertz CT molecular complexity index is 811. The van der Waals surface area contributed by atoms with E-state index in [4.69, 9.17) is 0 Å². The van der Waals surface area contributed by atoms with Gasteiger partial charge in [0.05, 0.1) is 16.3 Å². The maximum Gasteiger partial charge on any atom is 0.243 e. The molecule has 124 valence electrons. The molecular formula is C17H19N5OS. The largest absolute Gasteiger partial charge is 0.348 e. The molecule has 0 unspecified atom stereocenters. The molecule has 3 heterocycles. The number of imidazole rings is 1. The zero-order valence-electron chi connectivity index (χ0n) is 13.4. The maximum atomic E-state index is 12.6. The number of hydrogen-bond acceptors (Lipinski definition) is 5.